The smallest absolute Gasteiger partial charge is 0.237 e. The summed E-state index contributed by atoms with van der Waals surface area (Å²) in [7, 11) is 0. The van der Waals surface area contributed by atoms with E-state index in [9.17, 15) is 4.79 Å². The van der Waals surface area contributed by atoms with Crippen molar-refractivity contribution in [3.05, 3.63) is 21.9 Å². The summed E-state index contributed by atoms with van der Waals surface area (Å²) in [6.45, 7) is 4.63. The van der Waals surface area contributed by atoms with Crippen molar-refractivity contribution in [1.82, 2.24) is 5.32 Å². The van der Waals surface area contributed by atoms with Crippen molar-refractivity contribution in [2.45, 2.75) is 39.3 Å². The Morgan fingerprint density at radius 2 is 2.33 bits per heavy atom. The molecule has 15 heavy (non-hydrogen) atoms. The molecule has 0 aliphatic heterocycles. The second-order valence-corrected chi connectivity index (χ2v) is 4.46. The standard InChI is InChI=1S/C11H18N2OS/c1-3-8-5-6-15-10(8)7-13-11(14)9(12)4-2/h5-6,9H,3-4,7,12H2,1-2H3,(H,13,14)/t9-/m1/s1. The minimum Gasteiger partial charge on any atom is -0.350 e. The van der Waals surface area contributed by atoms with Crippen molar-refractivity contribution >= 4 is 17.2 Å². The number of nitrogens with one attached hydrogen (secondary N) is 1. The van der Waals surface area contributed by atoms with Gasteiger partial charge in [-0.05, 0) is 29.9 Å². The van der Waals surface area contributed by atoms with E-state index in [0.717, 1.165) is 6.42 Å². The van der Waals surface area contributed by atoms with Gasteiger partial charge in [-0.25, -0.2) is 0 Å². The van der Waals surface area contributed by atoms with E-state index in [2.05, 4.69) is 23.7 Å². The van der Waals surface area contributed by atoms with Crippen molar-refractivity contribution in [3.8, 4) is 0 Å². The fourth-order valence-electron chi connectivity index (χ4n) is 1.32. The lowest BCUT2D eigenvalue weighted by molar-refractivity contribution is -0.122. The normalized spacial score (nSPS) is 12.5. The largest absolute Gasteiger partial charge is 0.350 e. The van der Waals surface area contributed by atoms with Crippen LogP contribution in [0, 0.1) is 0 Å². The van der Waals surface area contributed by atoms with Crippen LogP contribution in [0.4, 0.5) is 0 Å². The minimum absolute atomic E-state index is 0.0621. The summed E-state index contributed by atoms with van der Waals surface area (Å²) in [6.07, 6.45) is 1.69. The van der Waals surface area contributed by atoms with E-state index in [1.807, 2.05) is 6.92 Å². The highest BCUT2D eigenvalue weighted by atomic mass is 32.1. The van der Waals surface area contributed by atoms with Crippen molar-refractivity contribution < 1.29 is 4.79 Å². The highest BCUT2D eigenvalue weighted by Gasteiger charge is 2.11. The fourth-order valence-corrected chi connectivity index (χ4v) is 2.24. The number of hydrogen-bond donors (Lipinski definition) is 2. The monoisotopic (exact) mass is 226 g/mol. The fraction of sp³-hybridized carbons (Fsp3) is 0.545. The average Bonchev–Trinajstić information content (AvgIpc) is 2.71. The molecule has 1 rings (SSSR count). The third-order valence-electron chi connectivity index (χ3n) is 2.42. The number of aryl methyl sites for hydroxylation is 1. The van der Waals surface area contributed by atoms with Crippen LogP contribution in [0.15, 0.2) is 11.4 Å². The van der Waals surface area contributed by atoms with Gasteiger partial charge in [0.1, 0.15) is 0 Å². The predicted molar refractivity (Wildman–Crippen MR) is 63.8 cm³/mol. The number of carbonyl (C=O) groups excluding carboxylic acids is 1. The maximum absolute atomic E-state index is 11.4. The number of nitrogens with two attached hydrogens (primary N) is 1. The molecule has 0 aromatic carbocycles. The van der Waals surface area contributed by atoms with Gasteiger partial charge in [0, 0.05) is 4.88 Å². The Balaban J connectivity index is 2.47. The second-order valence-electron chi connectivity index (χ2n) is 3.46. The summed E-state index contributed by atoms with van der Waals surface area (Å²) in [4.78, 5) is 12.7. The predicted octanol–water partition coefficient (Wildman–Crippen LogP) is 1.66. The van der Waals surface area contributed by atoms with Crippen LogP contribution in [0.25, 0.3) is 0 Å². The molecule has 1 atom stereocenters. The third kappa shape index (κ3) is 3.32. The van der Waals surface area contributed by atoms with Gasteiger partial charge in [0.15, 0.2) is 0 Å². The van der Waals surface area contributed by atoms with E-state index in [0.29, 0.717) is 13.0 Å². The SMILES string of the molecule is CCc1ccsc1CNC(=O)[C@H](N)CC. The lowest BCUT2D eigenvalue weighted by Crippen LogP contribution is -2.39. The molecule has 0 fully saturated rings. The zero-order chi connectivity index (χ0) is 11.3. The number of carbonyl (C=O) groups is 1. The lowest BCUT2D eigenvalue weighted by Gasteiger charge is -2.09. The number of hydrogen-bond acceptors (Lipinski definition) is 3. The molecule has 0 aliphatic carbocycles. The van der Waals surface area contributed by atoms with Gasteiger partial charge in [-0.3, -0.25) is 4.79 Å². The summed E-state index contributed by atoms with van der Waals surface area (Å²) in [6, 6.07) is 1.72. The van der Waals surface area contributed by atoms with Crippen molar-refractivity contribution in [3.63, 3.8) is 0 Å². The summed E-state index contributed by atoms with van der Waals surface area (Å²) in [5.74, 6) is -0.0621. The second kappa shape index (κ2) is 5.88. The van der Waals surface area contributed by atoms with E-state index in [-0.39, 0.29) is 11.9 Å². The molecule has 1 amide bonds. The van der Waals surface area contributed by atoms with Gasteiger partial charge in [-0.1, -0.05) is 13.8 Å². The number of amides is 1. The van der Waals surface area contributed by atoms with E-state index in [1.165, 1.54) is 10.4 Å². The van der Waals surface area contributed by atoms with Crippen LogP contribution in [0.2, 0.25) is 0 Å². The van der Waals surface area contributed by atoms with E-state index >= 15 is 0 Å². The average molecular weight is 226 g/mol. The summed E-state index contributed by atoms with van der Waals surface area (Å²) >= 11 is 1.68. The third-order valence-corrected chi connectivity index (χ3v) is 3.38. The molecule has 0 radical (unpaired) electrons. The maximum atomic E-state index is 11.4. The maximum Gasteiger partial charge on any atom is 0.237 e. The van der Waals surface area contributed by atoms with E-state index in [1.54, 1.807) is 11.3 Å². The van der Waals surface area contributed by atoms with Crippen LogP contribution in [-0.2, 0) is 17.8 Å². The van der Waals surface area contributed by atoms with Gasteiger partial charge in [0.2, 0.25) is 5.91 Å². The quantitative estimate of drug-likeness (QED) is 0.802. The van der Waals surface area contributed by atoms with Crippen molar-refractivity contribution in [2.24, 2.45) is 5.73 Å². The molecule has 1 heterocycles. The topological polar surface area (TPSA) is 55.1 Å². The Kier molecular flexibility index (Phi) is 4.78. The van der Waals surface area contributed by atoms with Crippen LogP contribution in [0.1, 0.15) is 30.7 Å². The number of thiophene rings is 1. The van der Waals surface area contributed by atoms with Crippen LogP contribution in [0.5, 0.6) is 0 Å². The zero-order valence-electron chi connectivity index (χ0n) is 9.25. The molecule has 0 spiro atoms. The van der Waals surface area contributed by atoms with Gasteiger partial charge in [-0.2, -0.15) is 0 Å². The molecule has 0 bridgehead atoms. The van der Waals surface area contributed by atoms with Gasteiger partial charge in [-0.15, -0.1) is 11.3 Å². The Labute approximate surface area is 94.7 Å². The molecule has 0 saturated carbocycles. The first-order valence-corrected chi connectivity index (χ1v) is 6.15. The van der Waals surface area contributed by atoms with Gasteiger partial charge < -0.3 is 11.1 Å². The van der Waals surface area contributed by atoms with Crippen LogP contribution in [-0.4, -0.2) is 11.9 Å². The van der Waals surface area contributed by atoms with Gasteiger partial charge in [0.05, 0.1) is 12.6 Å². The minimum atomic E-state index is -0.380. The summed E-state index contributed by atoms with van der Waals surface area (Å²) in [5, 5.41) is 4.91. The molecule has 1 aromatic heterocycles. The zero-order valence-corrected chi connectivity index (χ0v) is 10.1. The van der Waals surface area contributed by atoms with Crippen molar-refractivity contribution in [1.29, 1.82) is 0 Å². The van der Waals surface area contributed by atoms with E-state index in [4.69, 9.17) is 5.73 Å². The van der Waals surface area contributed by atoms with Gasteiger partial charge in [0.25, 0.3) is 0 Å². The highest BCUT2D eigenvalue weighted by molar-refractivity contribution is 7.10. The Hall–Kier alpha value is -0.870. The molecular weight excluding hydrogens is 208 g/mol. The molecule has 0 aliphatic rings. The molecule has 4 heteroatoms. The highest BCUT2D eigenvalue weighted by Crippen LogP contribution is 2.16. The first-order chi connectivity index (χ1) is 7.19. The summed E-state index contributed by atoms with van der Waals surface area (Å²) in [5.41, 5.74) is 6.93. The Bertz CT molecular complexity index is 322. The molecule has 0 unspecified atom stereocenters. The first-order valence-electron chi connectivity index (χ1n) is 5.27. The molecule has 84 valence electrons. The molecular formula is C11H18N2OS. The van der Waals surface area contributed by atoms with Crippen LogP contribution in [0.3, 0.4) is 0 Å². The Morgan fingerprint density at radius 1 is 1.60 bits per heavy atom. The Morgan fingerprint density at radius 3 is 2.93 bits per heavy atom. The van der Waals surface area contributed by atoms with Gasteiger partial charge >= 0.3 is 0 Å². The van der Waals surface area contributed by atoms with Crippen LogP contribution >= 0.6 is 11.3 Å². The first kappa shape index (κ1) is 12.2. The lowest BCUT2D eigenvalue weighted by atomic mass is 10.2. The molecule has 0 saturated heterocycles. The van der Waals surface area contributed by atoms with Crippen LogP contribution < -0.4 is 11.1 Å². The molecule has 1 aromatic rings. The summed E-state index contributed by atoms with van der Waals surface area (Å²) < 4.78 is 0. The molecule has 3 N–H and O–H groups in total. The van der Waals surface area contributed by atoms with E-state index < -0.39 is 0 Å². The van der Waals surface area contributed by atoms with Crippen molar-refractivity contribution in [2.75, 3.05) is 0 Å². The molecule has 3 nitrogen and oxygen atoms in total. The number of rotatable bonds is 5.